The third-order valence-corrected chi connectivity index (χ3v) is 6.02. The van der Waals surface area contributed by atoms with Crippen molar-refractivity contribution in [1.29, 1.82) is 0 Å². The minimum Gasteiger partial charge on any atom is -0.321 e. The van der Waals surface area contributed by atoms with Crippen molar-refractivity contribution in [3.63, 3.8) is 0 Å². The van der Waals surface area contributed by atoms with Crippen molar-refractivity contribution in [1.82, 2.24) is 9.55 Å². The lowest BCUT2D eigenvalue weighted by Crippen LogP contribution is -2.28. The van der Waals surface area contributed by atoms with E-state index in [1.54, 1.807) is 11.5 Å². The molecular weight excluding hydrogens is 377 g/mol. The summed E-state index contributed by atoms with van der Waals surface area (Å²) in [7, 11) is 0. The molecule has 0 unspecified atom stereocenters. The second kappa shape index (κ2) is 6.48. The number of aromatic nitrogens is 2. The first-order valence-electron chi connectivity index (χ1n) is 8.25. The monoisotopic (exact) mass is 391 g/mol. The average molecular weight is 392 g/mol. The van der Waals surface area contributed by atoms with Crippen LogP contribution in [0.3, 0.4) is 0 Å². The molecule has 3 aromatic rings. The van der Waals surface area contributed by atoms with Gasteiger partial charge in [-0.2, -0.15) is 0 Å². The summed E-state index contributed by atoms with van der Waals surface area (Å²) in [6.07, 6.45) is 2.75. The Morgan fingerprint density at radius 2 is 2.19 bits per heavy atom. The van der Waals surface area contributed by atoms with Crippen LogP contribution in [0.2, 0.25) is 5.02 Å². The molecule has 1 aliphatic rings. The number of halogens is 2. The SMILES string of the molecule is Cc1c(C(=O)Nc2ccc(F)c(Cl)c2)sc2nc3n(c(=O)c12)CCCC3. The summed E-state index contributed by atoms with van der Waals surface area (Å²) in [5, 5.41) is 3.14. The highest BCUT2D eigenvalue weighted by atomic mass is 35.5. The van der Waals surface area contributed by atoms with Crippen molar-refractivity contribution in [3.8, 4) is 0 Å². The van der Waals surface area contributed by atoms with E-state index in [1.807, 2.05) is 0 Å². The van der Waals surface area contributed by atoms with E-state index < -0.39 is 5.82 Å². The van der Waals surface area contributed by atoms with Crippen molar-refractivity contribution in [2.24, 2.45) is 0 Å². The van der Waals surface area contributed by atoms with E-state index in [2.05, 4.69) is 10.3 Å². The van der Waals surface area contributed by atoms with E-state index in [4.69, 9.17) is 11.6 Å². The third-order valence-electron chi connectivity index (χ3n) is 4.55. The number of nitrogens with one attached hydrogen (secondary N) is 1. The molecule has 1 N–H and O–H groups in total. The van der Waals surface area contributed by atoms with Crippen LogP contribution in [0.25, 0.3) is 10.2 Å². The molecule has 8 heteroatoms. The van der Waals surface area contributed by atoms with Gasteiger partial charge in [0.15, 0.2) is 0 Å². The summed E-state index contributed by atoms with van der Waals surface area (Å²) >= 11 is 6.96. The molecule has 5 nitrogen and oxygen atoms in total. The number of amides is 1. The van der Waals surface area contributed by atoms with Crippen molar-refractivity contribution in [2.45, 2.75) is 32.7 Å². The Morgan fingerprint density at radius 3 is 2.96 bits per heavy atom. The number of fused-ring (bicyclic) bond motifs is 2. The van der Waals surface area contributed by atoms with Gasteiger partial charge in [0.05, 0.1) is 15.3 Å². The molecule has 0 spiro atoms. The number of benzene rings is 1. The van der Waals surface area contributed by atoms with Crippen molar-refractivity contribution < 1.29 is 9.18 Å². The quantitative estimate of drug-likeness (QED) is 0.713. The van der Waals surface area contributed by atoms with Crippen LogP contribution in [0.5, 0.6) is 0 Å². The highest BCUT2D eigenvalue weighted by Gasteiger charge is 2.22. The Morgan fingerprint density at radius 1 is 1.38 bits per heavy atom. The van der Waals surface area contributed by atoms with Crippen LogP contribution in [0.4, 0.5) is 10.1 Å². The van der Waals surface area contributed by atoms with Crippen molar-refractivity contribution in [2.75, 3.05) is 5.32 Å². The zero-order chi connectivity index (χ0) is 18.4. The molecule has 0 saturated heterocycles. The third kappa shape index (κ3) is 2.81. The molecule has 1 aromatic carbocycles. The van der Waals surface area contributed by atoms with Gasteiger partial charge in [-0.1, -0.05) is 11.6 Å². The maximum Gasteiger partial charge on any atom is 0.266 e. The highest BCUT2D eigenvalue weighted by molar-refractivity contribution is 7.20. The Hall–Kier alpha value is -2.25. The zero-order valence-electron chi connectivity index (χ0n) is 13.9. The number of rotatable bonds is 2. The van der Waals surface area contributed by atoms with E-state index in [9.17, 15) is 14.0 Å². The molecule has 2 aromatic heterocycles. The van der Waals surface area contributed by atoms with Crippen molar-refractivity contribution >= 4 is 44.7 Å². The normalized spacial score (nSPS) is 13.7. The number of thiophene rings is 1. The summed E-state index contributed by atoms with van der Waals surface area (Å²) in [6, 6.07) is 3.98. The summed E-state index contributed by atoms with van der Waals surface area (Å²) in [5.74, 6) is -0.131. The molecule has 1 amide bonds. The van der Waals surface area contributed by atoms with E-state index >= 15 is 0 Å². The number of nitrogens with zero attached hydrogens (tertiary/aromatic N) is 2. The van der Waals surface area contributed by atoms with Gasteiger partial charge in [-0.15, -0.1) is 11.3 Å². The Labute approximate surface area is 157 Å². The number of anilines is 1. The summed E-state index contributed by atoms with van der Waals surface area (Å²) in [4.78, 5) is 31.1. The Bertz CT molecular complexity index is 1110. The van der Waals surface area contributed by atoms with E-state index in [0.717, 1.165) is 25.1 Å². The van der Waals surface area contributed by atoms with Gasteiger partial charge in [0, 0.05) is 18.7 Å². The lowest BCUT2D eigenvalue weighted by Gasteiger charge is -2.16. The summed E-state index contributed by atoms with van der Waals surface area (Å²) < 4.78 is 15.0. The van der Waals surface area contributed by atoms with Crippen LogP contribution >= 0.6 is 22.9 Å². The lowest BCUT2D eigenvalue weighted by atomic mass is 10.1. The first kappa shape index (κ1) is 17.2. The molecular formula is C18H15ClFN3O2S. The fourth-order valence-corrected chi connectivity index (χ4v) is 4.48. The standard InChI is InChI=1S/C18H15ClFN3O2S/c1-9-14-17(22-13-4-2-3-7-23(13)18(14)25)26-15(9)16(24)21-10-5-6-12(20)11(19)8-10/h5-6,8H,2-4,7H2,1H3,(H,21,24). The van der Waals surface area contributed by atoms with Gasteiger partial charge in [0.1, 0.15) is 16.5 Å². The lowest BCUT2D eigenvalue weighted by molar-refractivity contribution is 0.103. The van der Waals surface area contributed by atoms with Gasteiger partial charge < -0.3 is 5.32 Å². The van der Waals surface area contributed by atoms with Crippen LogP contribution in [0, 0.1) is 12.7 Å². The fraction of sp³-hybridized carbons (Fsp3) is 0.278. The molecule has 0 saturated carbocycles. The minimum atomic E-state index is -0.550. The maximum absolute atomic E-state index is 13.3. The number of carbonyl (C=O) groups is 1. The van der Waals surface area contributed by atoms with E-state index in [-0.39, 0.29) is 16.5 Å². The molecule has 3 heterocycles. The smallest absolute Gasteiger partial charge is 0.266 e. The fourth-order valence-electron chi connectivity index (χ4n) is 3.21. The molecule has 0 atom stereocenters. The molecule has 4 rings (SSSR count). The summed E-state index contributed by atoms with van der Waals surface area (Å²) in [6.45, 7) is 2.42. The first-order chi connectivity index (χ1) is 12.5. The molecule has 0 radical (unpaired) electrons. The second-order valence-electron chi connectivity index (χ2n) is 6.26. The molecule has 0 bridgehead atoms. The maximum atomic E-state index is 13.3. The molecule has 0 aliphatic carbocycles. The number of hydrogen-bond donors (Lipinski definition) is 1. The van der Waals surface area contributed by atoms with E-state index in [0.29, 0.717) is 32.9 Å². The van der Waals surface area contributed by atoms with Crippen LogP contribution in [0.15, 0.2) is 23.0 Å². The van der Waals surface area contributed by atoms with Gasteiger partial charge in [-0.3, -0.25) is 14.2 Å². The molecule has 26 heavy (non-hydrogen) atoms. The van der Waals surface area contributed by atoms with Crippen LogP contribution in [-0.2, 0) is 13.0 Å². The van der Waals surface area contributed by atoms with Gasteiger partial charge in [-0.05, 0) is 43.5 Å². The summed E-state index contributed by atoms with van der Waals surface area (Å²) in [5.41, 5.74) is 0.929. The van der Waals surface area contributed by atoms with Crippen LogP contribution < -0.4 is 10.9 Å². The Balaban J connectivity index is 1.75. The predicted molar refractivity (Wildman–Crippen MR) is 101 cm³/mol. The molecule has 134 valence electrons. The largest absolute Gasteiger partial charge is 0.321 e. The van der Waals surface area contributed by atoms with Gasteiger partial charge >= 0.3 is 0 Å². The van der Waals surface area contributed by atoms with Gasteiger partial charge in [-0.25, -0.2) is 9.37 Å². The Kier molecular flexibility index (Phi) is 4.28. The van der Waals surface area contributed by atoms with Crippen molar-refractivity contribution in [3.05, 3.63) is 55.7 Å². The van der Waals surface area contributed by atoms with Crippen LogP contribution in [0.1, 0.15) is 33.9 Å². The average Bonchev–Trinajstić information content (AvgIpc) is 2.95. The van der Waals surface area contributed by atoms with Crippen LogP contribution in [-0.4, -0.2) is 15.5 Å². The number of hydrogen-bond acceptors (Lipinski definition) is 4. The van der Waals surface area contributed by atoms with E-state index in [1.165, 1.54) is 29.5 Å². The highest BCUT2D eigenvalue weighted by Crippen LogP contribution is 2.29. The number of carbonyl (C=O) groups excluding carboxylic acids is 1. The predicted octanol–water partition coefficient (Wildman–Crippen LogP) is 4.15. The van der Waals surface area contributed by atoms with Gasteiger partial charge in [0.25, 0.3) is 11.5 Å². The zero-order valence-corrected chi connectivity index (χ0v) is 15.5. The number of aryl methyl sites for hydroxylation is 2. The molecule has 0 fully saturated rings. The second-order valence-corrected chi connectivity index (χ2v) is 7.67. The topological polar surface area (TPSA) is 64.0 Å². The first-order valence-corrected chi connectivity index (χ1v) is 9.44. The van der Waals surface area contributed by atoms with Gasteiger partial charge in [0.2, 0.25) is 0 Å². The molecule has 1 aliphatic heterocycles. The minimum absolute atomic E-state index is 0.0663.